The standard InChI is InChI=1S/C13H13N3O/c1-9-12(13(14)16-17)11(7-8-15-9)10-5-3-2-4-6-10/h2-8,17H,1H3,(H2,14,16). The number of aromatic nitrogens is 1. The molecular weight excluding hydrogens is 214 g/mol. The molecule has 2 rings (SSSR count). The number of amidine groups is 1. The molecule has 0 bridgehead atoms. The SMILES string of the molecule is Cc1nccc(-c2ccccc2)c1/C(N)=N/O. The van der Waals surface area contributed by atoms with E-state index in [9.17, 15) is 0 Å². The van der Waals surface area contributed by atoms with Crippen LogP contribution >= 0.6 is 0 Å². The fourth-order valence-corrected chi connectivity index (χ4v) is 1.80. The fourth-order valence-electron chi connectivity index (χ4n) is 1.80. The van der Waals surface area contributed by atoms with Crippen molar-refractivity contribution in [1.82, 2.24) is 4.98 Å². The molecule has 86 valence electrons. The normalized spacial score (nSPS) is 11.5. The van der Waals surface area contributed by atoms with Crippen LogP contribution in [0, 0.1) is 6.92 Å². The van der Waals surface area contributed by atoms with Gasteiger partial charge in [-0.3, -0.25) is 4.98 Å². The molecule has 0 saturated carbocycles. The Balaban J connectivity index is 2.67. The molecule has 1 heterocycles. The van der Waals surface area contributed by atoms with E-state index in [2.05, 4.69) is 10.1 Å². The van der Waals surface area contributed by atoms with Crippen LogP contribution in [0.1, 0.15) is 11.3 Å². The number of benzene rings is 1. The predicted octanol–water partition coefficient (Wildman–Crippen LogP) is 2.15. The quantitative estimate of drug-likeness (QED) is 0.357. The third-order valence-electron chi connectivity index (χ3n) is 2.59. The molecule has 0 unspecified atom stereocenters. The molecule has 0 fully saturated rings. The number of hydrogen-bond donors (Lipinski definition) is 2. The zero-order chi connectivity index (χ0) is 12.3. The minimum atomic E-state index is 0.0782. The van der Waals surface area contributed by atoms with Gasteiger partial charge in [-0.15, -0.1) is 0 Å². The lowest BCUT2D eigenvalue weighted by atomic mass is 9.99. The second-order valence-corrected chi connectivity index (χ2v) is 3.67. The molecule has 0 spiro atoms. The van der Waals surface area contributed by atoms with Crippen LogP contribution in [0.15, 0.2) is 47.8 Å². The Labute approximate surface area is 99.4 Å². The van der Waals surface area contributed by atoms with Crippen LogP contribution < -0.4 is 5.73 Å². The Morgan fingerprint density at radius 2 is 1.94 bits per heavy atom. The maximum Gasteiger partial charge on any atom is 0.172 e. The van der Waals surface area contributed by atoms with Gasteiger partial charge in [0, 0.05) is 17.5 Å². The van der Waals surface area contributed by atoms with E-state index >= 15 is 0 Å². The average molecular weight is 227 g/mol. The smallest absolute Gasteiger partial charge is 0.172 e. The Hall–Kier alpha value is -2.36. The van der Waals surface area contributed by atoms with Crippen LogP contribution in [0.3, 0.4) is 0 Å². The first kappa shape index (κ1) is 11.1. The maximum atomic E-state index is 8.82. The molecule has 4 heteroatoms. The van der Waals surface area contributed by atoms with E-state index in [1.165, 1.54) is 0 Å². The second kappa shape index (κ2) is 4.65. The van der Waals surface area contributed by atoms with E-state index in [0.717, 1.165) is 16.8 Å². The maximum absolute atomic E-state index is 8.82. The van der Waals surface area contributed by atoms with Crippen LogP contribution in [-0.4, -0.2) is 16.0 Å². The lowest BCUT2D eigenvalue weighted by Crippen LogP contribution is -2.16. The van der Waals surface area contributed by atoms with Gasteiger partial charge in [-0.25, -0.2) is 0 Å². The first-order valence-corrected chi connectivity index (χ1v) is 5.23. The number of pyridine rings is 1. The van der Waals surface area contributed by atoms with Gasteiger partial charge < -0.3 is 10.9 Å². The van der Waals surface area contributed by atoms with Gasteiger partial charge >= 0.3 is 0 Å². The first-order valence-electron chi connectivity index (χ1n) is 5.23. The van der Waals surface area contributed by atoms with Gasteiger partial charge in [0.2, 0.25) is 0 Å². The van der Waals surface area contributed by atoms with Gasteiger partial charge in [0.1, 0.15) is 0 Å². The summed E-state index contributed by atoms with van der Waals surface area (Å²) in [4.78, 5) is 4.16. The summed E-state index contributed by atoms with van der Waals surface area (Å²) in [5, 5.41) is 11.9. The van der Waals surface area contributed by atoms with Crippen molar-refractivity contribution in [1.29, 1.82) is 0 Å². The van der Waals surface area contributed by atoms with Crippen molar-refractivity contribution in [2.24, 2.45) is 10.9 Å². The summed E-state index contributed by atoms with van der Waals surface area (Å²) >= 11 is 0. The molecule has 0 aliphatic carbocycles. The molecule has 0 atom stereocenters. The van der Waals surface area contributed by atoms with Gasteiger partial charge in [0.25, 0.3) is 0 Å². The van der Waals surface area contributed by atoms with E-state index < -0.39 is 0 Å². The molecule has 17 heavy (non-hydrogen) atoms. The minimum absolute atomic E-state index is 0.0782. The number of aryl methyl sites for hydroxylation is 1. The molecule has 0 aliphatic rings. The van der Waals surface area contributed by atoms with Crippen LogP contribution in [0.5, 0.6) is 0 Å². The summed E-state index contributed by atoms with van der Waals surface area (Å²) in [5.41, 5.74) is 9.02. The van der Waals surface area contributed by atoms with Gasteiger partial charge in [-0.1, -0.05) is 35.5 Å². The molecule has 1 aromatic heterocycles. The summed E-state index contributed by atoms with van der Waals surface area (Å²) in [5.74, 6) is 0.0782. The van der Waals surface area contributed by atoms with Crippen LogP contribution in [0.4, 0.5) is 0 Å². The minimum Gasteiger partial charge on any atom is -0.409 e. The summed E-state index contributed by atoms with van der Waals surface area (Å²) in [6.45, 7) is 1.83. The molecule has 2 aromatic rings. The van der Waals surface area contributed by atoms with Gasteiger partial charge in [0.05, 0.1) is 0 Å². The highest BCUT2D eigenvalue weighted by molar-refractivity contribution is 6.03. The molecule has 3 N–H and O–H groups in total. The molecule has 4 nitrogen and oxygen atoms in total. The number of oxime groups is 1. The first-order chi connectivity index (χ1) is 8.24. The highest BCUT2D eigenvalue weighted by Crippen LogP contribution is 2.24. The summed E-state index contributed by atoms with van der Waals surface area (Å²) in [6.07, 6.45) is 1.71. The molecule has 0 amide bonds. The van der Waals surface area contributed by atoms with E-state index in [0.29, 0.717) is 5.56 Å². The van der Waals surface area contributed by atoms with Crippen LogP contribution in [0.2, 0.25) is 0 Å². The summed E-state index contributed by atoms with van der Waals surface area (Å²) in [7, 11) is 0. The zero-order valence-corrected chi connectivity index (χ0v) is 9.46. The third kappa shape index (κ3) is 2.10. The van der Waals surface area contributed by atoms with Gasteiger partial charge in [-0.05, 0) is 24.1 Å². The van der Waals surface area contributed by atoms with Gasteiger partial charge in [-0.2, -0.15) is 0 Å². The van der Waals surface area contributed by atoms with Crippen molar-refractivity contribution < 1.29 is 5.21 Å². The van der Waals surface area contributed by atoms with Crippen LogP contribution in [-0.2, 0) is 0 Å². The second-order valence-electron chi connectivity index (χ2n) is 3.67. The molecule has 0 radical (unpaired) electrons. The Kier molecular flexibility index (Phi) is 3.05. The number of nitrogens with two attached hydrogens (primary N) is 1. The molecule has 1 aromatic carbocycles. The third-order valence-corrected chi connectivity index (χ3v) is 2.59. The summed E-state index contributed by atoms with van der Waals surface area (Å²) < 4.78 is 0. The average Bonchev–Trinajstić information content (AvgIpc) is 2.38. The number of hydrogen-bond acceptors (Lipinski definition) is 3. The zero-order valence-electron chi connectivity index (χ0n) is 9.46. The van der Waals surface area contributed by atoms with Crippen LogP contribution in [0.25, 0.3) is 11.1 Å². The van der Waals surface area contributed by atoms with Crippen molar-refractivity contribution in [3.8, 4) is 11.1 Å². The van der Waals surface area contributed by atoms with Crippen molar-refractivity contribution in [3.63, 3.8) is 0 Å². The highest BCUT2D eigenvalue weighted by atomic mass is 16.4. The molecular formula is C13H13N3O. The monoisotopic (exact) mass is 227 g/mol. The topological polar surface area (TPSA) is 71.5 Å². The number of nitrogens with zero attached hydrogens (tertiary/aromatic N) is 2. The van der Waals surface area contributed by atoms with Crippen molar-refractivity contribution in [3.05, 3.63) is 53.9 Å². The predicted molar refractivity (Wildman–Crippen MR) is 66.9 cm³/mol. The van der Waals surface area contributed by atoms with E-state index in [4.69, 9.17) is 10.9 Å². The lowest BCUT2D eigenvalue weighted by molar-refractivity contribution is 0.318. The fraction of sp³-hybridized carbons (Fsp3) is 0.0769. The van der Waals surface area contributed by atoms with Crippen molar-refractivity contribution >= 4 is 5.84 Å². The Morgan fingerprint density at radius 3 is 2.59 bits per heavy atom. The Morgan fingerprint density at radius 1 is 1.24 bits per heavy atom. The largest absolute Gasteiger partial charge is 0.409 e. The van der Waals surface area contributed by atoms with Gasteiger partial charge in [0.15, 0.2) is 5.84 Å². The molecule has 0 saturated heterocycles. The van der Waals surface area contributed by atoms with E-state index in [-0.39, 0.29) is 5.84 Å². The van der Waals surface area contributed by atoms with Crippen molar-refractivity contribution in [2.75, 3.05) is 0 Å². The highest BCUT2D eigenvalue weighted by Gasteiger charge is 2.12. The Bertz CT molecular complexity index is 550. The number of rotatable bonds is 2. The summed E-state index contributed by atoms with van der Waals surface area (Å²) in [6, 6.07) is 11.6. The van der Waals surface area contributed by atoms with E-state index in [1.54, 1.807) is 6.20 Å². The van der Waals surface area contributed by atoms with E-state index in [1.807, 2.05) is 43.3 Å². The van der Waals surface area contributed by atoms with Crippen molar-refractivity contribution in [2.45, 2.75) is 6.92 Å². The lowest BCUT2D eigenvalue weighted by Gasteiger charge is -2.10. The molecule has 0 aliphatic heterocycles.